The first-order valence-corrected chi connectivity index (χ1v) is 18.0. The second kappa shape index (κ2) is 33.1. The highest BCUT2D eigenvalue weighted by molar-refractivity contribution is 4.72. The molecule has 0 aliphatic rings. The van der Waals surface area contributed by atoms with Gasteiger partial charge in [0.2, 0.25) is 0 Å². The first kappa shape index (κ1) is 37.9. The molecule has 0 aliphatic carbocycles. The Morgan fingerprint density at radius 1 is 0.289 bits per heavy atom. The van der Waals surface area contributed by atoms with Crippen molar-refractivity contribution >= 4 is 0 Å². The Hall–Kier alpha value is -0.0800. The maximum atomic E-state index is 8.99. The molecule has 0 amide bonds. The van der Waals surface area contributed by atoms with Crippen LogP contribution >= 0.6 is 0 Å². The van der Waals surface area contributed by atoms with Crippen LogP contribution in [0.4, 0.5) is 0 Å². The molecule has 0 aromatic carbocycles. The topological polar surface area (TPSA) is 40.5 Å². The number of unbranched alkanes of at least 4 members (excludes halogenated alkanes) is 22. The van der Waals surface area contributed by atoms with E-state index in [1.807, 2.05) is 0 Å². The van der Waals surface area contributed by atoms with E-state index in [1.54, 1.807) is 0 Å². The van der Waals surface area contributed by atoms with E-state index in [0.717, 1.165) is 24.7 Å². The Morgan fingerprint density at radius 3 is 0.737 bits per heavy atom. The maximum absolute atomic E-state index is 8.99. The Bertz CT molecular complexity index is 372. The number of aliphatic hydroxyl groups excluding tert-OH is 2. The van der Waals surface area contributed by atoms with Gasteiger partial charge >= 0.3 is 0 Å². The Kier molecular flexibility index (Phi) is 33.1. The van der Waals surface area contributed by atoms with Gasteiger partial charge in [-0.3, -0.25) is 0 Å². The number of rotatable bonds is 33. The second-order valence-electron chi connectivity index (χ2n) is 12.6. The highest BCUT2D eigenvalue weighted by atomic mass is 16.3. The van der Waals surface area contributed by atoms with Gasteiger partial charge in [-0.25, -0.2) is 0 Å². The summed E-state index contributed by atoms with van der Waals surface area (Å²) < 4.78 is 0. The molecule has 0 fully saturated rings. The van der Waals surface area contributed by atoms with E-state index in [4.69, 9.17) is 10.2 Å². The molecule has 0 aliphatic heterocycles. The number of aliphatic hydroxyl groups is 2. The summed E-state index contributed by atoms with van der Waals surface area (Å²) in [5.41, 5.74) is 0. The molecule has 230 valence electrons. The normalized spacial score (nSPS) is 13.3. The van der Waals surface area contributed by atoms with Gasteiger partial charge in [0.05, 0.1) is 0 Å². The highest BCUT2D eigenvalue weighted by Crippen LogP contribution is 2.33. The molecule has 2 unspecified atom stereocenters. The van der Waals surface area contributed by atoms with Crippen molar-refractivity contribution in [3.05, 3.63) is 0 Å². The van der Waals surface area contributed by atoms with Crippen LogP contribution < -0.4 is 0 Å². The van der Waals surface area contributed by atoms with Gasteiger partial charge in [0.1, 0.15) is 0 Å². The summed E-state index contributed by atoms with van der Waals surface area (Å²) in [7, 11) is 0. The molecule has 0 aromatic heterocycles. The van der Waals surface area contributed by atoms with Crippen LogP contribution in [-0.4, -0.2) is 23.4 Å². The third-order valence-electron chi connectivity index (χ3n) is 8.99. The van der Waals surface area contributed by atoms with Gasteiger partial charge in [0.15, 0.2) is 0 Å². The first-order chi connectivity index (χ1) is 18.8. The zero-order chi connectivity index (χ0) is 27.8. The molecule has 0 spiro atoms. The molecule has 0 saturated carbocycles. The predicted octanol–water partition coefficient (Wildman–Crippen LogP) is 11.9. The minimum atomic E-state index is 0.365. The van der Waals surface area contributed by atoms with Crippen LogP contribution in [0, 0.1) is 11.8 Å². The third kappa shape index (κ3) is 27.5. The minimum Gasteiger partial charge on any atom is -0.396 e. The first-order valence-electron chi connectivity index (χ1n) is 18.0. The van der Waals surface area contributed by atoms with Crippen LogP contribution in [-0.2, 0) is 0 Å². The molecule has 2 atom stereocenters. The molecule has 0 heterocycles. The van der Waals surface area contributed by atoms with Crippen LogP contribution in [0.25, 0.3) is 0 Å². The van der Waals surface area contributed by atoms with Crippen molar-refractivity contribution in [2.75, 3.05) is 13.2 Å². The molecular formula is C36H74O2. The zero-order valence-electron chi connectivity index (χ0n) is 26.7. The van der Waals surface area contributed by atoms with Gasteiger partial charge in [-0.05, 0) is 24.7 Å². The molecular weight excluding hydrogens is 464 g/mol. The van der Waals surface area contributed by atoms with Crippen LogP contribution in [0.3, 0.4) is 0 Å². The largest absolute Gasteiger partial charge is 0.396 e. The molecule has 0 radical (unpaired) electrons. The monoisotopic (exact) mass is 539 g/mol. The summed E-state index contributed by atoms with van der Waals surface area (Å²) in [5.74, 6) is 1.94. The Balaban J connectivity index is 4.68. The van der Waals surface area contributed by atoms with Gasteiger partial charge in [-0.2, -0.15) is 0 Å². The standard InChI is InChI=1S/C36H74O2/c1-3-5-7-9-17-23-29-35(31-25-19-13-11-15-21-27-33-37)36(30-24-18-10-8-6-4-2)32-26-20-14-12-16-22-28-34-38/h35-38H,3-34H2,1-2H3. The van der Waals surface area contributed by atoms with Gasteiger partial charge in [-0.1, -0.05) is 194 Å². The van der Waals surface area contributed by atoms with Gasteiger partial charge in [-0.15, -0.1) is 0 Å². The van der Waals surface area contributed by atoms with E-state index in [1.165, 1.54) is 180 Å². The van der Waals surface area contributed by atoms with Crippen LogP contribution in [0.2, 0.25) is 0 Å². The van der Waals surface area contributed by atoms with Crippen LogP contribution in [0.5, 0.6) is 0 Å². The molecule has 2 N–H and O–H groups in total. The van der Waals surface area contributed by atoms with E-state index in [2.05, 4.69) is 13.8 Å². The van der Waals surface area contributed by atoms with Crippen LogP contribution in [0.15, 0.2) is 0 Å². The smallest absolute Gasteiger partial charge is 0.0431 e. The third-order valence-corrected chi connectivity index (χ3v) is 8.99. The molecule has 0 aromatic rings. The van der Waals surface area contributed by atoms with E-state index in [9.17, 15) is 0 Å². The summed E-state index contributed by atoms with van der Waals surface area (Å²) in [6.45, 7) is 5.38. The summed E-state index contributed by atoms with van der Waals surface area (Å²) >= 11 is 0. The summed E-state index contributed by atoms with van der Waals surface area (Å²) in [5, 5.41) is 18.0. The zero-order valence-corrected chi connectivity index (χ0v) is 26.7. The molecule has 0 bridgehead atoms. The van der Waals surface area contributed by atoms with Crippen LogP contribution in [0.1, 0.15) is 206 Å². The lowest BCUT2D eigenvalue weighted by Gasteiger charge is -2.28. The average Bonchev–Trinajstić information content (AvgIpc) is 2.93. The maximum Gasteiger partial charge on any atom is 0.0431 e. The summed E-state index contributed by atoms with van der Waals surface area (Å²) in [6.07, 6.45) is 41.4. The summed E-state index contributed by atoms with van der Waals surface area (Å²) in [4.78, 5) is 0. The van der Waals surface area contributed by atoms with Crippen molar-refractivity contribution in [2.24, 2.45) is 11.8 Å². The lowest BCUT2D eigenvalue weighted by atomic mass is 9.78. The van der Waals surface area contributed by atoms with Crippen molar-refractivity contribution in [1.82, 2.24) is 0 Å². The lowest BCUT2D eigenvalue weighted by molar-refractivity contribution is 0.236. The lowest BCUT2D eigenvalue weighted by Crippen LogP contribution is -2.16. The predicted molar refractivity (Wildman–Crippen MR) is 171 cm³/mol. The van der Waals surface area contributed by atoms with E-state index < -0.39 is 0 Å². The van der Waals surface area contributed by atoms with E-state index in [0.29, 0.717) is 13.2 Å². The van der Waals surface area contributed by atoms with Crippen molar-refractivity contribution in [2.45, 2.75) is 206 Å². The highest BCUT2D eigenvalue weighted by Gasteiger charge is 2.20. The quantitative estimate of drug-likeness (QED) is 0.0815. The number of hydrogen-bond acceptors (Lipinski definition) is 2. The SMILES string of the molecule is CCCCCCCCC(CCCCCCCCCO)C(CCCCCCCC)CCCCCCCCCO. The Morgan fingerprint density at radius 2 is 0.500 bits per heavy atom. The Labute approximate surface area is 241 Å². The van der Waals surface area contributed by atoms with Crippen molar-refractivity contribution in [3.8, 4) is 0 Å². The second-order valence-corrected chi connectivity index (χ2v) is 12.6. The molecule has 0 rings (SSSR count). The van der Waals surface area contributed by atoms with Gasteiger partial charge in [0, 0.05) is 13.2 Å². The van der Waals surface area contributed by atoms with Crippen molar-refractivity contribution < 1.29 is 10.2 Å². The average molecular weight is 539 g/mol. The minimum absolute atomic E-state index is 0.365. The summed E-state index contributed by atoms with van der Waals surface area (Å²) in [6, 6.07) is 0. The van der Waals surface area contributed by atoms with E-state index >= 15 is 0 Å². The van der Waals surface area contributed by atoms with Crippen molar-refractivity contribution in [3.63, 3.8) is 0 Å². The van der Waals surface area contributed by atoms with E-state index in [-0.39, 0.29) is 0 Å². The fourth-order valence-electron chi connectivity index (χ4n) is 6.41. The molecule has 38 heavy (non-hydrogen) atoms. The van der Waals surface area contributed by atoms with Gasteiger partial charge in [0.25, 0.3) is 0 Å². The number of hydrogen-bond donors (Lipinski definition) is 2. The van der Waals surface area contributed by atoms with Gasteiger partial charge < -0.3 is 10.2 Å². The fourth-order valence-corrected chi connectivity index (χ4v) is 6.41. The molecule has 2 heteroatoms. The van der Waals surface area contributed by atoms with Crippen molar-refractivity contribution in [1.29, 1.82) is 0 Å². The fraction of sp³-hybridized carbons (Fsp3) is 1.00. The molecule has 2 nitrogen and oxygen atoms in total. The molecule has 0 saturated heterocycles.